The lowest BCUT2D eigenvalue weighted by Gasteiger charge is -2.33. The number of nitrogens with zero attached hydrogens (tertiary/aromatic N) is 2. The van der Waals surface area contributed by atoms with Crippen molar-refractivity contribution in [2.24, 2.45) is 28.1 Å². The van der Waals surface area contributed by atoms with Crippen LogP contribution < -0.4 is 27.8 Å². The number of hydrogen-bond acceptors (Lipinski definition) is 8. The van der Waals surface area contributed by atoms with Gasteiger partial charge in [-0.2, -0.15) is 0 Å². The van der Waals surface area contributed by atoms with Crippen LogP contribution in [-0.2, 0) is 25.6 Å². The van der Waals surface area contributed by atoms with E-state index in [-0.39, 0.29) is 43.7 Å². The summed E-state index contributed by atoms with van der Waals surface area (Å²) >= 11 is 0. The number of nitrogens with two attached hydrogens (primary N) is 3. The van der Waals surface area contributed by atoms with Crippen LogP contribution in [0.25, 0.3) is 0 Å². The number of aliphatic imine (C=N–C) groups is 1. The Labute approximate surface area is 233 Å². The maximum absolute atomic E-state index is 14.1. The number of benzene rings is 1. The molecule has 2 fully saturated rings. The lowest BCUT2D eigenvalue weighted by molar-refractivity contribution is -0.160. The molecule has 0 bridgehead atoms. The summed E-state index contributed by atoms with van der Waals surface area (Å²) in [6.07, 6.45) is 4.56. The van der Waals surface area contributed by atoms with Gasteiger partial charge in [-0.3, -0.25) is 24.3 Å². The lowest BCUT2D eigenvalue weighted by atomic mass is 9.85. The highest BCUT2D eigenvalue weighted by molar-refractivity contribution is 6.04. The second kappa shape index (κ2) is 14.7. The minimum atomic E-state index is -1.51. The molecule has 1 aliphatic carbocycles. The molecule has 40 heavy (non-hydrogen) atoms. The molecule has 0 radical (unpaired) electrons. The van der Waals surface area contributed by atoms with Crippen molar-refractivity contribution in [1.29, 1.82) is 0 Å². The van der Waals surface area contributed by atoms with Crippen LogP contribution >= 0.6 is 0 Å². The largest absolute Gasteiger partial charge is 0.480 e. The molecule has 1 aromatic rings. The van der Waals surface area contributed by atoms with Crippen LogP contribution in [0.3, 0.4) is 0 Å². The van der Waals surface area contributed by atoms with E-state index in [4.69, 9.17) is 17.2 Å². The van der Waals surface area contributed by atoms with Gasteiger partial charge in [0.2, 0.25) is 11.8 Å². The molecule has 3 rings (SSSR count). The average Bonchev–Trinajstić information content (AvgIpc) is 3.38. The van der Waals surface area contributed by atoms with Crippen molar-refractivity contribution in [3.05, 3.63) is 35.9 Å². The highest BCUT2D eigenvalue weighted by Gasteiger charge is 2.45. The third-order valence-electron chi connectivity index (χ3n) is 7.59. The number of guanidine groups is 1. The van der Waals surface area contributed by atoms with Crippen LogP contribution in [0.15, 0.2) is 35.3 Å². The van der Waals surface area contributed by atoms with E-state index < -0.39 is 54.5 Å². The second-order valence-corrected chi connectivity index (χ2v) is 10.5. The molecule has 1 heterocycles. The normalized spacial score (nSPS) is 22.3. The minimum Gasteiger partial charge on any atom is -0.480 e. The van der Waals surface area contributed by atoms with E-state index in [0.717, 1.165) is 30.6 Å². The van der Waals surface area contributed by atoms with Crippen molar-refractivity contribution >= 4 is 29.7 Å². The molecule has 0 spiro atoms. The number of nitrogens with one attached hydrogen (secondary N) is 2. The van der Waals surface area contributed by atoms with Crippen LogP contribution in [-0.4, -0.2) is 88.1 Å². The number of carboxylic acids is 1. The molecule has 3 amide bonds. The summed E-state index contributed by atoms with van der Waals surface area (Å²) < 4.78 is 0. The van der Waals surface area contributed by atoms with Gasteiger partial charge in [-0.15, -0.1) is 0 Å². The van der Waals surface area contributed by atoms with Gasteiger partial charge in [0, 0.05) is 19.0 Å². The topological polar surface area (TPSA) is 226 Å². The Morgan fingerprint density at radius 3 is 2.45 bits per heavy atom. The van der Waals surface area contributed by atoms with E-state index >= 15 is 0 Å². The van der Waals surface area contributed by atoms with Gasteiger partial charge in [0.25, 0.3) is 5.91 Å². The lowest BCUT2D eigenvalue weighted by Crippen LogP contribution is -2.61. The van der Waals surface area contributed by atoms with Crippen LogP contribution in [0.1, 0.15) is 50.5 Å². The highest BCUT2D eigenvalue weighted by atomic mass is 16.4. The molecule has 0 aromatic heterocycles. The van der Waals surface area contributed by atoms with Crippen molar-refractivity contribution in [3.8, 4) is 0 Å². The first-order valence-electron chi connectivity index (χ1n) is 13.7. The number of amides is 3. The second-order valence-electron chi connectivity index (χ2n) is 10.5. The number of aliphatic carboxylic acids is 1. The fourth-order valence-corrected chi connectivity index (χ4v) is 5.53. The standard InChI is InChI=1S/C27H41N7O6/c28-18(15-35)23(36)33-20(13-16-7-2-1-3-8-16)24(37)34(22(26(39)40)11-6-12-31-27(29)30)25(38)21-14-17-9-4-5-10-19(17)32-21/h1-3,7-8,17-22,32,35H,4-6,9-15,28H2,(H,33,36)(H,39,40)(H4,29,30,31). The van der Waals surface area contributed by atoms with Crippen LogP contribution in [0.2, 0.25) is 0 Å². The molecule has 220 valence electrons. The Hall–Kier alpha value is -3.55. The molecule has 2 aliphatic rings. The average molecular weight is 560 g/mol. The molecular formula is C27H41N7O6. The number of fused-ring (bicyclic) bond motifs is 1. The van der Waals surface area contributed by atoms with Gasteiger partial charge in [-0.25, -0.2) is 4.79 Å². The molecule has 1 aromatic carbocycles. The molecule has 1 aliphatic heterocycles. The highest BCUT2D eigenvalue weighted by Crippen LogP contribution is 2.34. The summed E-state index contributed by atoms with van der Waals surface area (Å²) in [5.41, 5.74) is 17.1. The fourth-order valence-electron chi connectivity index (χ4n) is 5.53. The summed E-state index contributed by atoms with van der Waals surface area (Å²) in [6.45, 7) is -0.540. The van der Waals surface area contributed by atoms with E-state index in [0.29, 0.717) is 12.0 Å². The van der Waals surface area contributed by atoms with E-state index in [1.165, 1.54) is 0 Å². The van der Waals surface area contributed by atoms with E-state index in [9.17, 15) is 29.4 Å². The van der Waals surface area contributed by atoms with Crippen molar-refractivity contribution < 1.29 is 29.4 Å². The number of carbonyl (C=O) groups excluding carboxylic acids is 3. The van der Waals surface area contributed by atoms with E-state index in [2.05, 4.69) is 15.6 Å². The molecule has 10 N–H and O–H groups in total. The Morgan fingerprint density at radius 1 is 1.12 bits per heavy atom. The number of carbonyl (C=O) groups is 4. The summed E-state index contributed by atoms with van der Waals surface area (Å²) in [5.74, 6) is -3.55. The third kappa shape index (κ3) is 8.23. The zero-order chi connectivity index (χ0) is 29.2. The zero-order valence-corrected chi connectivity index (χ0v) is 22.6. The predicted molar refractivity (Wildman–Crippen MR) is 148 cm³/mol. The third-order valence-corrected chi connectivity index (χ3v) is 7.59. The Balaban J connectivity index is 1.95. The number of imide groups is 1. The molecule has 6 unspecified atom stereocenters. The number of carboxylic acid groups (broad SMARTS) is 1. The number of hydrogen-bond donors (Lipinski definition) is 7. The number of aliphatic hydroxyl groups is 1. The Kier molecular flexibility index (Phi) is 11.4. The Bertz CT molecular complexity index is 1050. The summed E-state index contributed by atoms with van der Waals surface area (Å²) in [6, 6.07) is 4.08. The fraction of sp³-hybridized carbons (Fsp3) is 0.593. The number of rotatable bonds is 13. The first kappa shape index (κ1) is 31.0. The maximum atomic E-state index is 14.1. The van der Waals surface area contributed by atoms with Crippen molar-refractivity contribution in [2.75, 3.05) is 13.2 Å². The summed E-state index contributed by atoms with van der Waals surface area (Å²) in [7, 11) is 0. The SMILES string of the molecule is NC(N)=NCCCC(C(=O)O)N(C(=O)C(Cc1ccccc1)NC(=O)C(N)CO)C(=O)C1CC2CCCCC2N1. The van der Waals surface area contributed by atoms with Gasteiger partial charge in [0.1, 0.15) is 18.1 Å². The van der Waals surface area contributed by atoms with E-state index in [1.807, 2.05) is 0 Å². The van der Waals surface area contributed by atoms with Crippen molar-refractivity contribution in [2.45, 2.75) is 81.6 Å². The molecule has 6 atom stereocenters. The van der Waals surface area contributed by atoms with Gasteiger partial charge >= 0.3 is 5.97 Å². The van der Waals surface area contributed by atoms with Crippen LogP contribution in [0.4, 0.5) is 0 Å². The number of aliphatic hydroxyl groups excluding tert-OH is 1. The maximum Gasteiger partial charge on any atom is 0.326 e. The van der Waals surface area contributed by atoms with Crippen molar-refractivity contribution in [3.63, 3.8) is 0 Å². The van der Waals surface area contributed by atoms with Crippen molar-refractivity contribution in [1.82, 2.24) is 15.5 Å². The molecule has 1 saturated heterocycles. The van der Waals surface area contributed by atoms with Gasteiger partial charge in [0.15, 0.2) is 5.96 Å². The van der Waals surface area contributed by atoms with Crippen LogP contribution in [0, 0.1) is 5.92 Å². The summed E-state index contributed by atoms with van der Waals surface area (Å²) in [5, 5.41) is 25.4. The smallest absolute Gasteiger partial charge is 0.326 e. The molecule has 1 saturated carbocycles. The summed E-state index contributed by atoms with van der Waals surface area (Å²) in [4.78, 5) is 57.9. The van der Waals surface area contributed by atoms with E-state index in [1.54, 1.807) is 30.3 Å². The quantitative estimate of drug-likeness (QED) is 0.0869. The monoisotopic (exact) mass is 559 g/mol. The molecular weight excluding hydrogens is 518 g/mol. The molecule has 13 nitrogen and oxygen atoms in total. The van der Waals surface area contributed by atoms with Gasteiger partial charge in [-0.1, -0.05) is 43.2 Å². The predicted octanol–water partition coefficient (Wildman–Crippen LogP) is -1.18. The first-order chi connectivity index (χ1) is 19.1. The zero-order valence-electron chi connectivity index (χ0n) is 22.6. The van der Waals surface area contributed by atoms with Gasteiger partial charge in [0.05, 0.1) is 12.6 Å². The van der Waals surface area contributed by atoms with Gasteiger partial charge in [-0.05, 0) is 43.6 Å². The van der Waals surface area contributed by atoms with Crippen LogP contribution in [0.5, 0.6) is 0 Å². The minimum absolute atomic E-state index is 0.0168. The molecule has 13 heteroatoms. The van der Waals surface area contributed by atoms with Gasteiger partial charge < -0.3 is 38.0 Å². The first-order valence-corrected chi connectivity index (χ1v) is 13.7. The Morgan fingerprint density at radius 2 is 1.82 bits per heavy atom.